The molecule has 0 saturated carbocycles. The van der Waals surface area contributed by atoms with Crippen molar-refractivity contribution in [3.8, 4) is 0 Å². The number of carbonyl (C=O) groups excluding carboxylic acids is 2. The number of hydrogen-bond donors (Lipinski definition) is 0. The molecule has 0 bridgehead atoms. The fourth-order valence-corrected chi connectivity index (χ4v) is 0.790. The van der Waals surface area contributed by atoms with E-state index in [4.69, 9.17) is 9.47 Å². The number of Topliss-reactive ketones (excluding diaryl/α,β-unsaturated/α-hetero) is 2. The SMILES string of the molecule is C1COCCO1.CC(=O)CC(C)=O. The molecule has 0 amide bonds. The molecular formula is C9H16O4. The van der Waals surface area contributed by atoms with E-state index in [1.54, 1.807) is 0 Å². The van der Waals surface area contributed by atoms with Gasteiger partial charge in [0.1, 0.15) is 11.6 Å². The van der Waals surface area contributed by atoms with Crippen molar-refractivity contribution in [3.63, 3.8) is 0 Å². The topological polar surface area (TPSA) is 52.6 Å². The Balaban J connectivity index is 0.000000223. The van der Waals surface area contributed by atoms with Crippen molar-refractivity contribution in [2.24, 2.45) is 0 Å². The standard InChI is InChI=1S/C5H8O2.C4H8O2/c1-4(6)3-5(2)7;1-2-6-4-3-5-1/h3H2,1-2H3;1-4H2. The van der Waals surface area contributed by atoms with E-state index >= 15 is 0 Å². The third kappa shape index (κ3) is 11.3. The second kappa shape index (κ2) is 7.89. The summed E-state index contributed by atoms with van der Waals surface area (Å²) in [4.78, 5) is 20.1. The average Bonchev–Trinajstić information content (AvgIpc) is 2.06. The van der Waals surface area contributed by atoms with Crippen LogP contribution in [0.1, 0.15) is 20.3 Å². The molecule has 1 saturated heterocycles. The highest BCUT2D eigenvalue weighted by Gasteiger charge is 1.95. The molecule has 1 heterocycles. The molecule has 0 aromatic heterocycles. The van der Waals surface area contributed by atoms with Gasteiger partial charge in [-0.3, -0.25) is 9.59 Å². The first-order valence-electron chi connectivity index (χ1n) is 4.27. The van der Waals surface area contributed by atoms with Crippen molar-refractivity contribution in [1.82, 2.24) is 0 Å². The first-order chi connectivity index (χ1) is 6.13. The monoisotopic (exact) mass is 188 g/mol. The fraction of sp³-hybridized carbons (Fsp3) is 0.778. The molecule has 0 aliphatic carbocycles. The van der Waals surface area contributed by atoms with E-state index in [1.165, 1.54) is 13.8 Å². The lowest BCUT2D eigenvalue weighted by molar-refractivity contribution is -0.124. The predicted molar refractivity (Wildman–Crippen MR) is 47.6 cm³/mol. The Morgan fingerprint density at radius 3 is 1.31 bits per heavy atom. The first-order valence-corrected chi connectivity index (χ1v) is 4.27. The molecule has 1 aliphatic heterocycles. The molecule has 0 unspecified atom stereocenters. The van der Waals surface area contributed by atoms with Gasteiger partial charge in [0.05, 0.1) is 32.8 Å². The highest BCUT2D eigenvalue weighted by Crippen LogP contribution is 1.85. The molecule has 0 spiro atoms. The molecule has 76 valence electrons. The first kappa shape index (κ1) is 12.3. The quantitative estimate of drug-likeness (QED) is 0.595. The van der Waals surface area contributed by atoms with Crippen LogP contribution in [0.2, 0.25) is 0 Å². The smallest absolute Gasteiger partial charge is 0.137 e. The van der Waals surface area contributed by atoms with E-state index in [-0.39, 0.29) is 18.0 Å². The van der Waals surface area contributed by atoms with Gasteiger partial charge in [-0.2, -0.15) is 0 Å². The average molecular weight is 188 g/mol. The van der Waals surface area contributed by atoms with Crippen LogP contribution in [-0.4, -0.2) is 38.0 Å². The molecule has 1 rings (SSSR count). The Labute approximate surface area is 78.2 Å². The molecule has 0 radical (unpaired) electrons. The van der Waals surface area contributed by atoms with Crippen LogP contribution >= 0.6 is 0 Å². The van der Waals surface area contributed by atoms with E-state index in [2.05, 4.69) is 0 Å². The maximum Gasteiger partial charge on any atom is 0.137 e. The molecule has 0 aromatic rings. The van der Waals surface area contributed by atoms with Crippen molar-refractivity contribution in [1.29, 1.82) is 0 Å². The summed E-state index contributed by atoms with van der Waals surface area (Å²) in [6.07, 6.45) is 0.0833. The molecule has 4 heteroatoms. The third-order valence-electron chi connectivity index (χ3n) is 1.24. The minimum Gasteiger partial charge on any atom is -0.377 e. The number of ketones is 2. The molecule has 1 fully saturated rings. The molecule has 1 aliphatic rings. The zero-order valence-corrected chi connectivity index (χ0v) is 8.17. The van der Waals surface area contributed by atoms with Crippen LogP contribution in [-0.2, 0) is 19.1 Å². The Hall–Kier alpha value is -0.740. The van der Waals surface area contributed by atoms with Gasteiger partial charge < -0.3 is 9.47 Å². The van der Waals surface area contributed by atoms with Gasteiger partial charge in [0.2, 0.25) is 0 Å². The van der Waals surface area contributed by atoms with Gasteiger partial charge >= 0.3 is 0 Å². The van der Waals surface area contributed by atoms with Crippen LogP contribution in [0.25, 0.3) is 0 Å². The van der Waals surface area contributed by atoms with Crippen molar-refractivity contribution in [2.45, 2.75) is 20.3 Å². The van der Waals surface area contributed by atoms with Gasteiger partial charge in [-0.25, -0.2) is 0 Å². The lowest BCUT2D eigenvalue weighted by atomic mass is 10.2. The summed E-state index contributed by atoms with van der Waals surface area (Å²) < 4.78 is 9.89. The minimum absolute atomic E-state index is 0.0625. The number of rotatable bonds is 2. The summed E-state index contributed by atoms with van der Waals surface area (Å²) in [6, 6.07) is 0. The second-order valence-electron chi connectivity index (χ2n) is 2.81. The van der Waals surface area contributed by atoms with Crippen LogP contribution in [0.3, 0.4) is 0 Å². The number of ether oxygens (including phenoxy) is 2. The zero-order chi connectivity index (χ0) is 10.1. The maximum absolute atomic E-state index is 10.0. The fourth-order valence-electron chi connectivity index (χ4n) is 0.790. The van der Waals surface area contributed by atoms with E-state index in [0.717, 1.165) is 26.4 Å². The van der Waals surface area contributed by atoms with Gasteiger partial charge in [0.15, 0.2) is 0 Å². The van der Waals surface area contributed by atoms with Crippen molar-refractivity contribution in [3.05, 3.63) is 0 Å². The molecule has 0 atom stereocenters. The normalized spacial score (nSPS) is 15.5. The molecular weight excluding hydrogens is 172 g/mol. The van der Waals surface area contributed by atoms with Crippen LogP contribution in [0, 0.1) is 0 Å². The van der Waals surface area contributed by atoms with Crippen LogP contribution in [0.15, 0.2) is 0 Å². The largest absolute Gasteiger partial charge is 0.377 e. The number of carbonyl (C=O) groups is 2. The Morgan fingerprint density at radius 1 is 0.923 bits per heavy atom. The number of hydrogen-bond acceptors (Lipinski definition) is 4. The summed E-state index contributed by atoms with van der Waals surface area (Å²) >= 11 is 0. The maximum atomic E-state index is 10.0. The minimum atomic E-state index is -0.0625. The van der Waals surface area contributed by atoms with Crippen LogP contribution < -0.4 is 0 Å². The highest BCUT2D eigenvalue weighted by atomic mass is 16.6. The highest BCUT2D eigenvalue weighted by molar-refractivity contribution is 5.96. The van der Waals surface area contributed by atoms with Crippen molar-refractivity contribution in [2.75, 3.05) is 26.4 Å². The molecule has 4 nitrogen and oxygen atoms in total. The zero-order valence-electron chi connectivity index (χ0n) is 8.17. The summed E-state index contributed by atoms with van der Waals surface area (Å²) in [6.45, 7) is 5.92. The lowest BCUT2D eigenvalue weighted by Crippen LogP contribution is -2.16. The summed E-state index contributed by atoms with van der Waals surface area (Å²) in [5.74, 6) is -0.125. The van der Waals surface area contributed by atoms with Gasteiger partial charge in [0, 0.05) is 0 Å². The van der Waals surface area contributed by atoms with E-state index in [0.29, 0.717) is 0 Å². The van der Waals surface area contributed by atoms with E-state index in [1.807, 2.05) is 0 Å². The molecule has 0 aromatic carbocycles. The summed E-state index contributed by atoms with van der Waals surface area (Å²) in [7, 11) is 0. The third-order valence-corrected chi connectivity index (χ3v) is 1.24. The summed E-state index contributed by atoms with van der Waals surface area (Å²) in [5, 5.41) is 0. The van der Waals surface area contributed by atoms with Gasteiger partial charge in [-0.15, -0.1) is 0 Å². The van der Waals surface area contributed by atoms with E-state index < -0.39 is 0 Å². The van der Waals surface area contributed by atoms with E-state index in [9.17, 15) is 9.59 Å². The van der Waals surface area contributed by atoms with Crippen molar-refractivity contribution < 1.29 is 19.1 Å². The lowest BCUT2D eigenvalue weighted by Gasteiger charge is -2.09. The van der Waals surface area contributed by atoms with Gasteiger partial charge in [0.25, 0.3) is 0 Å². The van der Waals surface area contributed by atoms with Gasteiger partial charge in [-0.1, -0.05) is 0 Å². The van der Waals surface area contributed by atoms with Crippen molar-refractivity contribution >= 4 is 11.6 Å². The van der Waals surface area contributed by atoms with Crippen LogP contribution in [0.5, 0.6) is 0 Å². The Kier molecular flexibility index (Phi) is 7.44. The molecule has 0 N–H and O–H groups in total. The van der Waals surface area contributed by atoms with Crippen LogP contribution in [0.4, 0.5) is 0 Å². The Bertz CT molecular complexity index is 137. The van der Waals surface area contributed by atoms with Gasteiger partial charge in [-0.05, 0) is 13.8 Å². The Morgan fingerprint density at radius 2 is 1.23 bits per heavy atom. The summed E-state index contributed by atoms with van der Waals surface area (Å²) in [5.41, 5.74) is 0. The predicted octanol–water partition coefficient (Wildman–Crippen LogP) is 0.588. The second-order valence-corrected chi connectivity index (χ2v) is 2.81. The molecule has 13 heavy (non-hydrogen) atoms.